The van der Waals surface area contributed by atoms with Crippen molar-refractivity contribution in [1.29, 1.82) is 0 Å². The van der Waals surface area contributed by atoms with Crippen LogP contribution in [0.1, 0.15) is 17.4 Å². The summed E-state index contributed by atoms with van der Waals surface area (Å²) in [5.41, 5.74) is 1.35. The molecule has 0 radical (unpaired) electrons. The first-order valence-corrected chi connectivity index (χ1v) is 5.74. The molecule has 0 saturated carbocycles. The molecule has 0 aliphatic rings. The predicted molar refractivity (Wildman–Crippen MR) is 69.2 cm³/mol. The minimum Gasteiger partial charge on any atom is -0.385 e. The second-order valence-electron chi connectivity index (χ2n) is 4.05. The van der Waals surface area contributed by atoms with Gasteiger partial charge in [0, 0.05) is 25.5 Å². The molecule has 1 atom stereocenters. The molecular formula is C12H20N4O. The van der Waals surface area contributed by atoms with Crippen molar-refractivity contribution in [3.05, 3.63) is 24.0 Å². The van der Waals surface area contributed by atoms with Crippen LogP contribution in [0.2, 0.25) is 0 Å². The van der Waals surface area contributed by atoms with Crippen LogP contribution in [0.25, 0.3) is 0 Å². The Kier molecular flexibility index (Phi) is 5.42. The number of hydrogen-bond donors (Lipinski definition) is 3. The average Bonchev–Trinajstić information content (AvgIpc) is 2.36. The van der Waals surface area contributed by atoms with Gasteiger partial charge in [-0.2, -0.15) is 0 Å². The first-order valence-electron chi connectivity index (χ1n) is 5.74. The first kappa shape index (κ1) is 13.4. The van der Waals surface area contributed by atoms with Gasteiger partial charge in [0.15, 0.2) is 0 Å². The minimum absolute atomic E-state index is 0.170. The summed E-state index contributed by atoms with van der Waals surface area (Å²) in [6.45, 7) is 3.97. The fraction of sp³-hybridized carbons (Fsp3) is 0.500. The zero-order chi connectivity index (χ0) is 12.7. The molecule has 5 nitrogen and oxygen atoms in total. The van der Waals surface area contributed by atoms with Gasteiger partial charge in [0.1, 0.15) is 5.69 Å². The van der Waals surface area contributed by atoms with E-state index in [0.717, 1.165) is 18.8 Å². The second-order valence-corrected chi connectivity index (χ2v) is 4.05. The summed E-state index contributed by atoms with van der Waals surface area (Å²) >= 11 is 0. The molecule has 0 bridgehead atoms. The van der Waals surface area contributed by atoms with Crippen LogP contribution in [0.5, 0.6) is 0 Å². The third-order valence-corrected chi connectivity index (χ3v) is 2.43. The van der Waals surface area contributed by atoms with Crippen LogP contribution in [0, 0.1) is 5.92 Å². The fourth-order valence-electron chi connectivity index (χ4n) is 1.51. The quantitative estimate of drug-likeness (QED) is 0.680. The SMILES string of the molecule is CNCC(C)CNc1ccnc(C(=O)NC)c1. The molecule has 3 N–H and O–H groups in total. The lowest BCUT2D eigenvalue weighted by molar-refractivity contribution is 0.0958. The van der Waals surface area contributed by atoms with E-state index in [1.807, 2.05) is 13.1 Å². The molecule has 0 fully saturated rings. The molecule has 0 aliphatic carbocycles. The highest BCUT2D eigenvalue weighted by Gasteiger charge is 2.06. The van der Waals surface area contributed by atoms with Gasteiger partial charge in [0.2, 0.25) is 0 Å². The van der Waals surface area contributed by atoms with Gasteiger partial charge in [0.05, 0.1) is 0 Å². The van der Waals surface area contributed by atoms with E-state index in [9.17, 15) is 4.79 Å². The summed E-state index contributed by atoms with van der Waals surface area (Å²) < 4.78 is 0. The highest BCUT2D eigenvalue weighted by atomic mass is 16.1. The van der Waals surface area contributed by atoms with Gasteiger partial charge in [-0.3, -0.25) is 9.78 Å². The van der Waals surface area contributed by atoms with Crippen LogP contribution >= 0.6 is 0 Å². The zero-order valence-corrected chi connectivity index (χ0v) is 10.6. The number of anilines is 1. The number of rotatable bonds is 6. The highest BCUT2D eigenvalue weighted by Crippen LogP contribution is 2.08. The van der Waals surface area contributed by atoms with Crippen LogP contribution in [0.4, 0.5) is 5.69 Å². The van der Waals surface area contributed by atoms with E-state index in [4.69, 9.17) is 0 Å². The number of pyridine rings is 1. The van der Waals surface area contributed by atoms with E-state index in [-0.39, 0.29) is 5.91 Å². The second kappa shape index (κ2) is 6.85. The van der Waals surface area contributed by atoms with Crippen LogP contribution < -0.4 is 16.0 Å². The summed E-state index contributed by atoms with van der Waals surface area (Å²) in [5, 5.41) is 8.97. The Labute approximate surface area is 102 Å². The Hall–Kier alpha value is -1.62. The predicted octanol–water partition coefficient (Wildman–Crippen LogP) is 0.709. The molecule has 5 heteroatoms. The number of carbonyl (C=O) groups excluding carboxylic acids is 1. The first-order chi connectivity index (χ1) is 8.17. The molecule has 0 spiro atoms. The normalized spacial score (nSPS) is 11.9. The van der Waals surface area contributed by atoms with Gasteiger partial charge in [-0.05, 0) is 31.6 Å². The number of amides is 1. The largest absolute Gasteiger partial charge is 0.385 e. The van der Waals surface area contributed by atoms with Gasteiger partial charge in [0.25, 0.3) is 5.91 Å². The Morgan fingerprint density at radius 1 is 1.41 bits per heavy atom. The van der Waals surface area contributed by atoms with Gasteiger partial charge >= 0.3 is 0 Å². The van der Waals surface area contributed by atoms with Crippen LogP contribution in [-0.2, 0) is 0 Å². The molecular weight excluding hydrogens is 216 g/mol. The number of nitrogens with zero attached hydrogens (tertiary/aromatic N) is 1. The molecule has 94 valence electrons. The maximum atomic E-state index is 11.4. The van der Waals surface area contributed by atoms with Gasteiger partial charge in [-0.15, -0.1) is 0 Å². The lowest BCUT2D eigenvalue weighted by atomic mass is 10.2. The van der Waals surface area contributed by atoms with Gasteiger partial charge in [-0.25, -0.2) is 0 Å². The molecule has 0 aromatic carbocycles. The molecule has 1 rings (SSSR count). The summed E-state index contributed by atoms with van der Waals surface area (Å²) in [4.78, 5) is 15.4. The highest BCUT2D eigenvalue weighted by molar-refractivity contribution is 5.92. The molecule has 1 aromatic heterocycles. The average molecular weight is 236 g/mol. The Balaban J connectivity index is 2.57. The molecule has 1 amide bonds. The molecule has 17 heavy (non-hydrogen) atoms. The van der Waals surface area contributed by atoms with Gasteiger partial charge in [-0.1, -0.05) is 6.92 Å². The Morgan fingerprint density at radius 2 is 2.18 bits per heavy atom. The van der Waals surface area contributed by atoms with Crippen LogP contribution in [-0.4, -0.2) is 38.1 Å². The molecule has 1 heterocycles. The smallest absolute Gasteiger partial charge is 0.269 e. The van der Waals surface area contributed by atoms with E-state index in [1.165, 1.54) is 0 Å². The lowest BCUT2D eigenvalue weighted by Crippen LogP contribution is -2.23. The van der Waals surface area contributed by atoms with Gasteiger partial charge < -0.3 is 16.0 Å². The van der Waals surface area contributed by atoms with E-state index >= 15 is 0 Å². The summed E-state index contributed by atoms with van der Waals surface area (Å²) in [5.74, 6) is 0.355. The van der Waals surface area contributed by atoms with Crippen molar-refractivity contribution < 1.29 is 4.79 Å². The number of aromatic nitrogens is 1. The third kappa shape index (κ3) is 4.40. The third-order valence-electron chi connectivity index (χ3n) is 2.43. The Morgan fingerprint density at radius 3 is 2.82 bits per heavy atom. The maximum absolute atomic E-state index is 11.4. The zero-order valence-electron chi connectivity index (χ0n) is 10.6. The summed E-state index contributed by atoms with van der Waals surface area (Å²) in [7, 11) is 3.53. The number of nitrogens with one attached hydrogen (secondary N) is 3. The van der Waals surface area contributed by atoms with E-state index in [2.05, 4.69) is 27.9 Å². The molecule has 0 aliphatic heterocycles. The van der Waals surface area contributed by atoms with Crippen molar-refractivity contribution in [3.63, 3.8) is 0 Å². The molecule has 0 saturated heterocycles. The topological polar surface area (TPSA) is 66.0 Å². The monoisotopic (exact) mass is 236 g/mol. The number of hydrogen-bond acceptors (Lipinski definition) is 4. The summed E-state index contributed by atoms with van der Waals surface area (Å²) in [6, 6.07) is 3.61. The minimum atomic E-state index is -0.170. The van der Waals surface area contributed by atoms with E-state index in [0.29, 0.717) is 11.6 Å². The lowest BCUT2D eigenvalue weighted by Gasteiger charge is -2.13. The van der Waals surface area contributed by atoms with E-state index in [1.54, 1.807) is 19.3 Å². The number of carbonyl (C=O) groups is 1. The fourth-order valence-corrected chi connectivity index (χ4v) is 1.51. The summed E-state index contributed by atoms with van der Waals surface area (Å²) in [6.07, 6.45) is 1.63. The van der Waals surface area contributed by atoms with Crippen molar-refractivity contribution in [2.45, 2.75) is 6.92 Å². The van der Waals surface area contributed by atoms with Crippen molar-refractivity contribution in [1.82, 2.24) is 15.6 Å². The molecule has 1 unspecified atom stereocenters. The Bertz CT molecular complexity index is 367. The standard InChI is InChI=1S/C12H20N4O/c1-9(7-13-2)8-16-10-4-5-15-11(6-10)12(17)14-3/h4-6,9,13H,7-8H2,1-3H3,(H,14,17)(H,15,16). The van der Waals surface area contributed by atoms with Crippen LogP contribution in [0.3, 0.4) is 0 Å². The van der Waals surface area contributed by atoms with Crippen molar-refractivity contribution >= 4 is 11.6 Å². The van der Waals surface area contributed by atoms with Crippen LogP contribution in [0.15, 0.2) is 18.3 Å². The van der Waals surface area contributed by atoms with Crippen molar-refractivity contribution in [2.75, 3.05) is 32.5 Å². The maximum Gasteiger partial charge on any atom is 0.269 e. The molecule has 1 aromatic rings. The van der Waals surface area contributed by atoms with Crippen molar-refractivity contribution in [2.24, 2.45) is 5.92 Å². The van der Waals surface area contributed by atoms with Crippen molar-refractivity contribution in [3.8, 4) is 0 Å². The van der Waals surface area contributed by atoms with E-state index < -0.39 is 0 Å².